The van der Waals surface area contributed by atoms with Crippen molar-refractivity contribution in [1.82, 2.24) is 4.57 Å². The van der Waals surface area contributed by atoms with Gasteiger partial charge in [-0.25, -0.2) is 4.79 Å². The number of rotatable bonds is 13. The van der Waals surface area contributed by atoms with E-state index in [4.69, 9.17) is 14.2 Å². The molecule has 190 valence electrons. The normalized spacial score (nSPS) is 10.8. The third-order valence-corrected chi connectivity index (χ3v) is 5.73. The van der Waals surface area contributed by atoms with Gasteiger partial charge in [0.2, 0.25) is 0 Å². The van der Waals surface area contributed by atoms with Crippen LogP contribution in [-0.2, 0) is 16.1 Å². The van der Waals surface area contributed by atoms with E-state index in [1.165, 1.54) is 12.1 Å². The molecule has 1 N–H and O–H groups in total. The van der Waals surface area contributed by atoms with Gasteiger partial charge in [-0.2, -0.15) is 0 Å². The van der Waals surface area contributed by atoms with E-state index in [2.05, 4.69) is 0 Å². The van der Waals surface area contributed by atoms with Crippen molar-refractivity contribution in [2.45, 2.75) is 19.4 Å². The summed E-state index contributed by atoms with van der Waals surface area (Å²) in [4.78, 5) is 37.0. The van der Waals surface area contributed by atoms with Crippen LogP contribution in [0.1, 0.15) is 33.6 Å². The fourth-order valence-corrected chi connectivity index (χ4v) is 3.92. The third-order valence-electron chi connectivity index (χ3n) is 5.73. The number of fused-ring (bicyclic) bond motifs is 1. The van der Waals surface area contributed by atoms with E-state index in [-0.39, 0.29) is 36.7 Å². The first-order valence-corrected chi connectivity index (χ1v) is 11.8. The lowest BCUT2D eigenvalue weighted by Crippen LogP contribution is -2.17. The maximum absolute atomic E-state index is 12.8. The molecule has 0 saturated heterocycles. The molecule has 0 unspecified atom stereocenters. The van der Waals surface area contributed by atoms with Crippen molar-refractivity contribution in [3.8, 4) is 17.2 Å². The molecule has 1 aromatic heterocycles. The molecule has 0 atom stereocenters. The summed E-state index contributed by atoms with van der Waals surface area (Å²) in [6.45, 7) is 0.256. The first kappa shape index (κ1) is 25.7. The van der Waals surface area contributed by atoms with Crippen LogP contribution in [0, 0.1) is 0 Å². The second-order valence-corrected chi connectivity index (χ2v) is 8.44. The number of carbonyl (C=O) groups is 3. The molecule has 0 saturated carbocycles. The van der Waals surface area contributed by atoms with Gasteiger partial charge in [0.1, 0.15) is 23.9 Å². The standard InChI is InChI=1S/C29H27NO7/c1-35-15-5-8-28(32)26-18-30(27-14-9-20(29(33)34)16-25(26)27)17-21(31)19-36-22-10-12-24(13-11-22)37-23-6-3-2-4-7-23/h2-4,6-7,9-14,16,18H,5,8,15,17,19H2,1H3,(H,33,34). The Morgan fingerprint density at radius 2 is 1.59 bits per heavy atom. The van der Waals surface area contributed by atoms with Crippen LogP contribution in [-0.4, -0.2) is 47.5 Å². The molecule has 3 aromatic carbocycles. The van der Waals surface area contributed by atoms with Crippen molar-refractivity contribution in [3.05, 3.63) is 90.1 Å². The second kappa shape index (κ2) is 12.0. The van der Waals surface area contributed by atoms with Gasteiger partial charge in [-0.1, -0.05) is 18.2 Å². The quantitative estimate of drug-likeness (QED) is 0.193. The van der Waals surface area contributed by atoms with Gasteiger partial charge in [-0.15, -0.1) is 0 Å². The molecular formula is C29H27NO7. The SMILES string of the molecule is COCCCC(=O)c1cn(CC(=O)COc2ccc(Oc3ccccc3)cc2)c2ccc(C(=O)O)cc12. The zero-order valence-corrected chi connectivity index (χ0v) is 20.4. The molecule has 4 aromatic rings. The highest BCUT2D eigenvalue weighted by Crippen LogP contribution is 2.26. The van der Waals surface area contributed by atoms with Gasteiger partial charge in [0.25, 0.3) is 0 Å². The van der Waals surface area contributed by atoms with Crippen LogP contribution in [0.2, 0.25) is 0 Å². The van der Waals surface area contributed by atoms with Gasteiger partial charge < -0.3 is 23.9 Å². The van der Waals surface area contributed by atoms with E-state index >= 15 is 0 Å². The van der Waals surface area contributed by atoms with Crippen molar-refractivity contribution >= 4 is 28.4 Å². The molecule has 0 aliphatic carbocycles. The minimum absolute atomic E-state index is 0.0243. The number of carbonyl (C=O) groups excluding carboxylic acids is 2. The number of nitrogens with zero attached hydrogens (tertiary/aromatic N) is 1. The lowest BCUT2D eigenvalue weighted by atomic mass is 10.0. The number of para-hydroxylation sites is 1. The predicted molar refractivity (Wildman–Crippen MR) is 138 cm³/mol. The van der Waals surface area contributed by atoms with Crippen molar-refractivity contribution in [2.24, 2.45) is 0 Å². The van der Waals surface area contributed by atoms with Crippen LogP contribution in [0.3, 0.4) is 0 Å². The van der Waals surface area contributed by atoms with Crippen LogP contribution in [0.4, 0.5) is 0 Å². The first-order valence-electron chi connectivity index (χ1n) is 11.8. The molecule has 1 heterocycles. The minimum Gasteiger partial charge on any atom is -0.486 e. The zero-order chi connectivity index (χ0) is 26.2. The Hall–Kier alpha value is -4.43. The number of hydrogen-bond donors (Lipinski definition) is 1. The molecule has 0 aliphatic rings. The van der Waals surface area contributed by atoms with Crippen LogP contribution in [0.5, 0.6) is 17.2 Å². The summed E-state index contributed by atoms with van der Waals surface area (Å²) < 4.78 is 18.1. The highest BCUT2D eigenvalue weighted by molar-refractivity contribution is 6.09. The van der Waals surface area contributed by atoms with E-state index < -0.39 is 5.97 Å². The molecular weight excluding hydrogens is 474 g/mol. The van der Waals surface area contributed by atoms with Crippen molar-refractivity contribution in [1.29, 1.82) is 0 Å². The average molecular weight is 502 g/mol. The smallest absolute Gasteiger partial charge is 0.335 e. The van der Waals surface area contributed by atoms with E-state index in [0.29, 0.717) is 41.0 Å². The molecule has 0 amide bonds. The molecule has 0 aliphatic heterocycles. The van der Waals surface area contributed by atoms with Crippen molar-refractivity contribution in [2.75, 3.05) is 20.3 Å². The Kier molecular flexibility index (Phi) is 8.33. The molecule has 8 nitrogen and oxygen atoms in total. The van der Waals surface area contributed by atoms with Crippen LogP contribution in [0.25, 0.3) is 10.9 Å². The average Bonchev–Trinajstić information content (AvgIpc) is 3.26. The summed E-state index contributed by atoms with van der Waals surface area (Å²) in [7, 11) is 1.57. The minimum atomic E-state index is -1.09. The number of carboxylic acids is 1. The van der Waals surface area contributed by atoms with E-state index in [1.807, 2.05) is 30.3 Å². The van der Waals surface area contributed by atoms with E-state index in [0.717, 1.165) is 5.75 Å². The van der Waals surface area contributed by atoms with Crippen LogP contribution < -0.4 is 9.47 Å². The maximum Gasteiger partial charge on any atom is 0.335 e. The zero-order valence-electron chi connectivity index (χ0n) is 20.4. The fraction of sp³-hybridized carbons (Fsp3) is 0.207. The number of Topliss-reactive ketones (excluding diaryl/α,β-unsaturated/α-hetero) is 2. The monoisotopic (exact) mass is 501 g/mol. The second-order valence-electron chi connectivity index (χ2n) is 8.44. The summed E-state index contributed by atoms with van der Waals surface area (Å²) in [5.74, 6) is 0.458. The van der Waals surface area contributed by atoms with Gasteiger partial charge in [0, 0.05) is 42.8 Å². The third kappa shape index (κ3) is 6.62. The van der Waals surface area contributed by atoms with Crippen molar-refractivity contribution < 1.29 is 33.7 Å². The summed E-state index contributed by atoms with van der Waals surface area (Å²) in [6, 6.07) is 20.9. The fourth-order valence-electron chi connectivity index (χ4n) is 3.92. The number of ether oxygens (including phenoxy) is 3. The Morgan fingerprint density at radius 3 is 2.30 bits per heavy atom. The number of aromatic carboxylic acids is 1. The lowest BCUT2D eigenvalue weighted by Gasteiger charge is -2.09. The van der Waals surface area contributed by atoms with Crippen LogP contribution in [0.15, 0.2) is 79.0 Å². The van der Waals surface area contributed by atoms with Gasteiger partial charge in [-0.05, 0) is 61.0 Å². The van der Waals surface area contributed by atoms with Gasteiger partial charge in [-0.3, -0.25) is 9.59 Å². The molecule has 0 fully saturated rings. The van der Waals surface area contributed by atoms with E-state index in [1.54, 1.807) is 48.2 Å². The molecule has 8 heteroatoms. The maximum atomic E-state index is 12.8. The van der Waals surface area contributed by atoms with E-state index in [9.17, 15) is 19.5 Å². The summed E-state index contributed by atoms with van der Waals surface area (Å²) in [5.41, 5.74) is 1.07. The van der Waals surface area contributed by atoms with Crippen LogP contribution >= 0.6 is 0 Å². The first-order chi connectivity index (χ1) is 17.9. The van der Waals surface area contributed by atoms with Gasteiger partial charge >= 0.3 is 5.97 Å². The predicted octanol–water partition coefficient (Wildman–Crippen LogP) is 5.39. The number of aromatic nitrogens is 1. The van der Waals surface area contributed by atoms with Gasteiger partial charge in [0.05, 0.1) is 12.1 Å². The lowest BCUT2D eigenvalue weighted by molar-refractivity contribution is -0.121. The molecule has 4 rings (SSSR count). The molecule has 0 spiro atoms. The summed E-state index contributed by atoms with van der Waals surface area (Å²) >= 11 is 0. The Balaban J connectivity index is 1.43. The summed E-state index contributed by atoms with van der Waals surface area (Å²) in [5, 5.41) is 9.89. The molecule has 0 radical (unpaired) electrons. The number of ketones is 2. The highest BCUT2D eigenvalue weighted by atomic mass is 16.5. The number of carboxylic acid groups (broad SMARTS) is 1. The van der Waals surface area contributed by atoms with Gasteiger partial charge in [0.15, 0.2) is 11.6 Å². The summed E-state index contributed by atoms with van der Waals surface area (Å²) in [6.07, 6.45) is 2.41. The van der Waals surface area contributed by atoms with Crippen molar-refractivity contribution in [3.63, 3.8) is 0 Å². The molecule has 37 heavy (non-hydrogen) atoms. The number of hydrogen-bond acceptors (Lipinski definition) is 6. The Morgan fingerprint density at radius 1 is 0.892 bits per heavy atom. The molecule has 0 bridgehead atoms. The number of benzene rings is 3. The Labute approximate surface area is 214 Å². The topological polar surface area (TPSA) is 104 Å². The highest BCUT2D eigenvalue weighted by Gasteiger charge is 2.18. The Bertz CT molecular complexity index is 1390. The number of methoxy groups -OCH3 is 1. The largest absolute Gasteiger partial charge is 0.486 e.